The fraction of sp³-hybridized carbons (Fsp3) is 0.588. The van der Waals surface area contributed by atoms with Crippen molar-refractivity contribution in [2.24, 2.45) is 5.92 Å². The molecule has 1 aliphatic heterocycles. The summed E-state index contributed by atoms with van der Waals surface area (Å²) in [6.45, 7) is 6.20. The van der Waals surface area contributed by atoms with E-state index in [2.05, 4.69) is 24.4 Å². The highest BCUT2D eigenvalue weighted by molar-refractivity contribution is 8.17. The van der Waals surface area contributed by atoms with Crippen LogP contribution in [0.3, 0.4) is 0 Å². The van der Waals surface area contributed by atoms with E-state index in [0.29, 0.717) is 5.92 Å². The number of likely N-dealkylation sites (N-methyl/N-ethyl adjacent to an activating group) is 1. The number of nitrogens with one attached hydrogen (secondary N) is 1. The van der Waals surface area contributed by atoms with Gasteiger partial charge in [-0.3, -0.25) is 4.79 Å². The highest BCUT2D eigenvalue weighted by Crippen LogP contribution is 2.52. The smallest absolute Gasteiger partial charge is 0.321 e. The van der Waals surface area contributed by atoms with Gasteiger partial charge >= 0.3 is 5.97 Å². The van der Waals surface area contributed by atoms with E-state index in [0.717, 1.165) is 17.9 Å². The zero-order valence-corrected chi connectivity index (χ0v) is 14.6. The fourth-order valence-electron chi connectivity index (χ4n) is 3.23. The van der Waals surface area contributed by atoms with Crippen LogP contribution in [-0.4, -0.2) is 41.3 Å². The molecule has 0 aliphatic carbocycles. The Morgan fingerprint density at radius 2 is 2.18 bits per heavy atom. The molecule has 2 unspecified atom stereocenters. The molecule has 1 heterocycles. The summed E-state index contributed by atoms with van der Waals surface area (Å²) in [7, 11) is 1.26. The summed E-state index contributed by atoms with van der Waals surface area (Å²) in [5, 5.41) is 12.7. The van der Waals surface area contributed by atoms with Crippen LogP contribution >= 0.6 is 10.9 Å². The number of hydrogen-bond donors (Lipinski definition) is 3. The molecule has 0 radical (unpaired) electrons. The van der Waals surface area contributed by atoms with Crippen molar-refractivity contribution in [3.63, 3.8) is 0 Å². The van der Waals surface area contributed by atoms with Gasteiger partial charge in [0.2, 0.25) is 0 Å². The first-order valence-electron chi connectivity index (χ1n) is 7.87. The molecule has 2 rings (SSSR count). The van der Waals surface area contributed by atoms with Crippen LogP contribution in [0.2, 0.25) is 0 Å². The molecule has 4 nitrogen and oxygen atoms in total. The molecule has 0 bridgehead atoms. The van der Waals surface area contributed by atoms with E-state index in [1.165, 1.54) is 4.90 Å². The van der Waals surface area contributed by atoms with Gasteiger partial charge in [0.15, 0.2) is 0 Å². The Labute approximate surface area is 135 Å². The quantitative estimate of drug-likeness (QED) is 0.704. The van der Waals surface area contributed by atoms with Crippen LogP contribution in [0.1, 0.15) is 27.2 Å². The first-order valence-corrected chi connectivity index (χ1v) is 9.47. The molecule has 0 spiro atoms. The zero-order valence-electron chi connectivity index (χ0n) is 13.7. The van der Waals surface area contributed by atoms with E-state index in [4.69, 9.17) is 4.74 Å². The van der Waals surface area contributed by atoms with Crippen molar-refractivity contribution in [3.05, 3.63) is 24.3 Å². The SMILES string of the molecule is CNC(C(=O)O)[C@H]1[C@H](C)CC[SH]1c1cccc(OC(C)C)c1. The Kier molecular flexibility index (Phi) is 5.75. The van der Waals surface area contributed by atoms with Crippen molar-refractivity contribution < 1.29 is 14.6 Å². The number of ether oxygens (including phenoxy) is 1. The lowest BCUT2D eigenvalue weighted by molar-refractivity contribution is -0.139. The van der Waals surface area contributed by atoms with Crippen molar-refractivity contribution in [2.75, 3.05) is 12.8 Å². The average Bonchev–Trinajstić information content (AvgIpc) is 2.81. The molecule has 1 aliphatic rings. The van der Waals surface area contributed by atoms with Crippen LogP contribution in [0.15, 0.2) is 29.2 Å². The Balaban J connectivity index is 2.28. The summed E-state index contributed by atoms with van der Waals surface area (Å²) >= 11 is 0. The number of thiol groups is 1. The maximum absolute atomic E-state index is 11.6. The lowest BCUT2D eigenvalue weighted by Crippen LogP contribution is -2.45. The van der Waals surface area contributed by atoms with Crippen molar-refractivity contribution in [3.8, 4) is 5.75 Å². The minimum absolute atomic E-state index is 0.144. The van der Waals surface area contributed by atoms with Crippen LogP contribution in [0.5, 0.6) is 5.75 Å². The molecule has 2 N–H and O–H groups in total. The predicted molar refractivity (Wildman–Crippen MR) is 92.4 cm³/mol. The standard InChI is InChI=1S/C17H27NO3S/c1-11(2)21-13-6-5-7-14(10-13)22-9-8-12(3)16(22)15(18-4)17(19)20/h5-7,10-12,15-16,18,22H,8-9H2,1-4H3,(H,19,20)/t12-,15?,16-/m1/s1. The second-order valence-corrected chi connectivity index (χ2v) is 8.72. The molecule has 5 heteroatoms. The Morgan fingerprint density at radius 3 is 2.77 bits per heavy atom. The first-order chi connectivity index (χ1) is 10.4. The number of rotatable bonds is 6. The molecule has 0 amide bonds. The van der Waals surface area contributed by atoms with Crippen LogP contribution in [-0.2, 0) is 4.79 Å². The van der Waals surface area contributed by atoms with Crippen LogP contribution in [0.4, 0.5) is 0 Å². The summed E-state index contributed by atoms with van der Waals surface area (Å²) in [4.78, 5) is 12.8. The fourth-order valence-corrected chi connectivity index (χ4v) is 6.78. The van der Waals surface area contributed by atoms with E-state index in [1.807, 2.05) is 26.0 Å². The maximum atomic E-state index is 11.6. The molecule has 0 saturated carbocycles. The lowest BCUT2D eigenvalue weighted by atomic mass is 9.99. The number of benzene rings is 1. The summed E-state index contributed by atoms with van der Waals surface area (Å²) in [5.41, 5.74) is 0. The van der Waals surface area contributed by atoms with Gasteiger partial charge in [-0.2, -0.15) is 0 Å². The van der Waals surface area contributed by atoms with E-state index in [1.54, 1.807) is 7.05 Å². The highest BCUT2D eigenvalue weighted by atomic mass is 32.2. The Morgan fingerprint density at radius 1 is 1.45 bits per heavy atom. The van der Waals surface area contributed by atoms with Crippen LogP contribution < -0.4 is 10.1 Å². The number of hydrogen-bond acceptors (Lipinski definition) is 3. The molecule has 1 aromatic carbocycles. The van der Waals surface area contributed by atoms with Gasteiger partial charge in [-0.15, -0.1) is 0 Å². The van der Waals surface area contributed by atoms with E-state index < -0.39 is 22.9 Å². The molecule has 124 valence electrons. The normalized spacial score (nSPS) is 27.8. The van der Waals surface area contributed by atoms with Crippen molar-refractivity contribution >= 4 is 16.9 Å². The number of carboxylic acids is 1. The minimum Gasteiger partial charge on any atom is -0.491 e. The summed E-state index contributed by atoms with van der Waals surface area (Å²) < 4.78 is 5.79. The van der Waals surface area contributed by atoms with Gasteiger partial charge in [0.1, 0.15) is 11.8 Å². The van der Waals surface area contributed by atoms with Gasteiger partial charge in [-0.25, -0.2) is 10.9 Å². The third kappa shape index (κ3) is 3.76. The van der Waals surface area contributed by atoms with E-state index >= 15 is 0 Å². The topological polar surface area (TPSA) is 58.6 Å². The molecule has 1 saturated heterocycles. The van der Waals surface area contributed by atoms with Crippen molar-refractivity contribution in [1.82, 2.24) is 5.32 Å². The van der Waals surface area contributed by atoms with E-state index in [-0.39, 0.29) is 11.4 Å². The molecule has 22 heavy (non-hydrogen) atoms. The van der Waals surface area contributed by atoms with Gasteiger partial charge in [0, 0.05) is 5.25 Å². The lowest BCUT2D eigenvalue weighted by Gasteiger charge is -2.31. The number of aliphatic carboxylic acids is 1. The third-order valence-corrected chi connectivity index (χ3v) is 7.42. The van der Waals surface area contributed by atoms with Gasteiger partial charge in [-0.1, -0.05) is 19.1 Å². The van der Waals surface area contributed by atoms with Gasteiger partial charge in [0.05, 0.1) is 6.10 Å². The van der Waals surface area contributed by atoms with Gasteiger partial charge in [-0.05, 0) is 56.0 Å². The van der Waals surface area contributed by atoms with Crippen LogP contribution in [0, 0.1) is 5.92 Å². The molecular weight excluding hydrogens is 298 g/mol. The first kappa shape index (κ1) is 17.2. The summed E-state index contributed by atoms with van der Waals surface area (Å²) in [6.07, 6.45) is 1.24. The second-order valence-electron chi connectivity index (χ2n) is 6.22. The van der Waals surface area contributed by atoms with Gasteiger partial charge in [0.25, 0.3) is 0 Å². The Hall–Kier alpha value is -1.20. The molecule has 1 aromatic rings. The van der Waals surface area contributed by atoms with Crippen molar-refractivity contribution in [2.45, 2.75) is 49.5 Å². The predicted octanol–water partition coefficient (Wildman–Crippen LogP) is 2.91. The molecular formula is C17H27NO3S. The van der Waals surface area contributed by atoms with Crippen molar-refractivity contribution in [1.29, 1.82) is 0 Å². The van der Waals surface area contributed by atoms with E-state index in [9.17, 15) is 9.90 Å². The monoisotopic (exact) mass is 325 g/mol. The third-order valence-electron chi connectivity index (χ3n) is 4.21. The number of carboxylic acid groups (broad SMARTS) is 1. The average molecular weight is 325 g/mol. The highest BCUT2D eigenvalue weighted by Gasteiger charge is 2.40. The van der Waals surface area contributed by atoms with Crippen LogP contribution in [0.25, 0.3) is 0 Å². The summed E-state index contributed by atoms with van der Waals surface area (Å²) in [5.74, 6) is 1.65. The summed E-state index contributed by atoms with van der Waals surface area (Å²) in [6, 6.07) is 7.74. The Bertz CT molecular complexity index is 520. The maximum Gasteiger partial charge on any atom is 0.321 e. The second kappa shape index (κ2) is 7.38. The minimum atomic E-state index is -0.747. The zero-order chi connectivity index (χ0) is 16.3. The molecule has 0 aromatic heterocycles. The largest absolute Gasteiger partial charge is 0.491 e. The van der Waals surface area contributed by atoms with Gasteiger partial charge < -0.3 is 15.2 Å². The molecule has 1 fully saturated rings. The number of carbonyl (C=O) groups is 1. The molecule has 4 atom stereocenters.